The minimum absolute atomic E-state index is 0. The van der Waals surface area contributed by atoms with Gasteiger partial charge in [0.05, 0.1) is 0 Å². The van der Waals surface area contributed by atoms with E-state index in [9.17, 15) is 4.79 Å². The van der Waals surface area contributed by atoms with E-state index < -0.39 is 0 Å². The van der Waals surface area contributed by atoms with Gasteiger partial charge in [-0.3, -0.25) is 4.79 Å². The van der Waals surface area contributed by atoms with Crippen molar-refractivity contribution >= 4 is 18.3 Å². The molecule has 3 N–H and O–H groups in total. The Hall–Kier alpha value is -0.280. The topological polar surface area (TPSA) is 55.1 Å². The van der Waals surface area contributed by atoms with Crippen LogP contribution >= 0.6 is 12.4 Å². The largest absolute Gasteiger partial charge is 0.353 e. The van der Waals surface area contributed by atoms with Gasteiger partial charge in [0.1, 0.15) is 0 Å². The van der Waals surface area contributed by atoms with Crippen molar-refractivity contribution in [3.8, 4) is 0 Å². The van der Waals surface area contributed by atoms with Crippen LogP contribution in [0.1, 0.15) is 64.2 Å². The van der Waals surface area contributed by atoms with Crippen LogP contribution in [0.3, 0.4) is 0 Å². The van der Waals surface area contributed by atoms with Gasteiger partial charge in [-0.25, -0.2) is 0 Å². The van der Waals surface area contributed by atoms with Gasteiger partial charge in [0.2, 0.25) is 5.91 Å². The van der Waals surface area contributed by atoms with Crippen LogP contribution < -0.4 is 11.1 Å². The fourth-order valence-corrected chi connectivity index (χ4v) is 3.60. The van der Waals surface area contributed by atoms with E-state index in [1.807, 2.05) is 0 Å². The van der Waals surface area contributed by atoms with Crippen LogP contribution in [0.4, 0.5) is 0 Å². The molecule has 2 saturated carbocycles. The first-order valence-corrected chi connectivity index (χ1v) is 7.79. The highest BCUT2D eigenvalue weighted by molar-refractivity contribution is 5.85. The van der Waals surface area contributed by atoms with Crippen LogP contribution in [-0.2, 0) is 4.79 Å². The van der Waals surface area contributed by atoms with Crippen molar-refractivity contribution in [1.29, 1.82) is 0 Å². The van der Waals surface area contributed by atoms with Crippen molar-refractivity contribution in [3.05, 3.63) is 0 Å². The van der Waals surface area contributed by atoms with Gasteiger partial charge in [-0.05, 0) is 44.1 Å². The van der Waals surface area contributed by atoms with Crippen LogP contribution in [0.15, 0.2) is 0 Å². The molecule has 4 heteroatoms. The number of hydrogen-bond donors (Lipinski definition) is 2. The molecule has 3 nitrogen and oxygen atoms in total. The standard InChI is InChI=1S/C15H28N2O.ClH/c16-11-13-8-4-5-9-14(13)17-15(18)10-12-6-2-1-3-7-12;/h12-14H,1-11,16H2,(H,17,18);1H. The van der Waals surface area contributed by atoms with Gasteiger partial charge < -0.3 is 11.1 Å². The van der Waals surface area contributed by atoms with Crippen LogP contribution in [-0.4, -0.2) is 18.5 Å². The molecular formula is C15H29ClN2O. The van der Waals surface area contributed by atoms with Gasteiger partial charge in [-0.15, -0.1) is 12.4 Å². The van der Waals surface area contributed by atoms with E-state index in [1.54, 1.807) is 0 Å². The number of hydrogen-bond acceptors (Lipinski definition) is 2. The van der Waals surface area contributed by atoms with Crippen LogP contribution in [0.5, 0.6) is 0 Å². The molecule has 2 unspecified atom stereocenters. The van der Waals surface area contributed by atoms with Crippen molar-refractivity contribution in [2.45, 2.75) is 70.3 Å². The van der Waals surface area contributed by atoms with Crippen LogP contribution in [0, 0.1) is 11.8 Å². The van der Waals surface area contributed by atoms with Gasteiger partial charge in [0.25, 0.3) is 0 Å². The maximum absolute atomic E-state index is 12.1. The predicted octanol–water partition coefficient (Wildman–Crippen LogP) is 3.01. The van der Waals surface area contributed by atoms with Crippen molar-refractivity contribution in [1.82, 2.24) is 5.32 Å². The molecular weight excluding hydrogens is 260 g/mol. The smallest absolute Gasteiger partial charge is 0.220 e. The molecule has 19 heavy (non-hydrogen) atoms. The second-order valence-corrected chi connectivity index (χ2v) is 6.16. The fourth-order valence-electron chi connectivity index (χ4n) is 3.60. The molecule has 0 aromatic carbocycles. The Morgan fingerprint density at radius 3 is 2.32 bits per heavy atom. The number of carbonyl (C=O) groups excluding carboxylic acids is 1. The Morgan fingerprint density at radius 1 is 1.00 bits per heavy atom. The molecule has 2 aliphatic carbocycles. The summed E-state index contributed by atoms with van der Waals surface area (Å²) in [5, 5.41) is 3.25. The second-order valence-electron chi connectivity index (χ2n) is 6.16. The number of nitrogens with one attached hydrogen (secondary N) is 1. The lowest BCUT2D eigenvalue weighted by Crippen LogP contribution is -2.45. The van der Waals surface area contributed by atoms with E-state index in [0.717, 1.165) is 12.8 Å². The van der Waals surface area contributed by atoms with Gasteiger partial charge in [-0.2, -0.15) is 0 Å². The van der Waals surface area contributed by atoms with E-state index in [2.05, 4.69) is 5.32 Å². The third-order valence-corrected chi connectivity index (χ3v) is 4.76. The molecule has 2 fully saturated rings. The summed E-state index contributed by atoms with van der Waals surface area (Å²) in [6, 6.07) is 0.347. The van der Waals surface area contributed by atoms with Crippen molar-refractivity contribution in [2.75, 3.05) is 6.54 Å². The normalized spacial score (nSPS) is 28.5. The highest BCUT2D eigenvalue weighted by atomic mass is 35.5. The summed E-state index contributed by atoms with van der Waals surface area (Å²) >= 11 is 0. The van der Waals surface area contributed by atoms with Crippen LogP contribution in [0.2, 0.25) is 0 Å². The SMILES string of the molecule is Cl.NCC1CCCCC1NC(=O)CC1CCCCC1. The Kier molecular flexibility index (Phi) is 7.77. The highest BCUT2D eigenvalue weighted by Gasteiger charge is 2.26. The van der Waals surface area contributed by atoms with E-state index >= 15 is 0 Å². The summed E-state index contributed by atoms with van der Waals surface area (Å²) in [6.07, 6.45) is 12.0. The first-order chi connectivity index (χ1) is 8.79. The molecule has 0 heterocycles. The molecule has 1 amide bonds. The van der Waals surface area contributed by atoms with E-state index in [1.165, 1.54) is 51.4 Å². The lowest BCUT2D eigenvalue weighted by atomic mass is 9.83. The average molecular weight is 289 g/mol. The molecule has 0 aromatic heterocycles. The maximum atomic E-state index is 12.1. The zero-order valence-corrected chi connectivity index (χ0v) is 12.7. The lowest BCUT2D eigenvalue weighted by Gasteiger charge is -2.32. The Labute approximate surface area is 123 Å². The maximum Gasteiger partial charge on any atom is 0.220 e. The average Bonchev–Trinajstić information content (AvgIpc) is 2.40. The summed E-state index contributed by atoms with van der Waals surface area (Å²) in [5.74, 6) is 1.42. The minimum atomic E-state index is 0. The summed E-state index contributed by atoms with van der Waals surface area (Å²) in [7, 11) is 0. The van der Waals surface area contributed by atoms with E-state index in [-0.39, 0.29) is 18.3 Å². The Bertz CT molecular complexity index is 267. The second kappa shape index (κ2) is 8.80. The minimum Gasteiger partial charge on any atom is -0.353 e. The molecule has 0 spiro atoms. The van der Waals surface area contributed by atoms with Gasteiger partial charge in [-0.1, -0.05) is 32.1 Å². The van der Waals surface area contributed by atoms with Crippen molar-refractivity contribution in [2.24, 2.45) is 17.6 Å². The van der Waals surface area contributed by atoms with E-state index in [0.29, 0.717) is 24.4 Å². The van der Waals surface area contributed by atoms with Crippen molar-refractivity contribution < 1.29 is 4.79 Å². The number of amides is 1. The molecule has 2 rings (SSSR count). The highest BCUT2D eigenvalue weighted by Crippen LogP contribution is 2.27. The van der Waals surface area contributed by atoms with Gasteiger partial charge in [0, 0.05) is 12.5 Å². The lowest BCUT2D eigenvalue weighted by molar-refractivity contribution is -0.123. The Balaban J connectivity index is 0.00000180. The first-order valence-electron chi connectivity index (χ1n) is 7.79. The summed E-state index contributed by atoms with van der Waals surface area (Å²) < 4.78 is 0. The van der Waals surface area contributed by atoms with Crippen LogP contribution in [0.25, 0.3) is 0 Å². The summed E-state index contributed by atoms with van der Waals surface area (Å²) in [4.78, 5) is 12.1. The zero-order valence-electron chi connectivity index (χ0n) is 11.9. The van der Waals surface area contributed by atoms with Gasteiger partial charge >= 0.3 is 0 Å². The summed E-state index contributed by atoms with van der Waals surface area (Å²) in [5.41, 5.74) is 5.80. The fraction of sp³-hybridized carbons (Fsp3) is 0.933. The van der Waals surface area contributed by atoms with E-state index in [4.69, 9.17) is 5.73 Å². The zero-order chi connectivity index (χ0) is 12.8. The molecule has 2 atom stereocenters. The molecule has 0 bridgehead atoms. The molecule has 0 aliphatic heterocycles. The number of rotatable bonds is 4. The Morgan fingerprint density at radius 2 is 1.63 bits per heavy atom. The molecule has 0 saturated heterocycles. The molecule has 0 radical (unpaired) electrons. The third-order valence-electron chi connectivity index (χ3n) is 4.76. The first kappa shape index (κ1) is 16.8. The number of halogens is 1. The monoisotopic (exact) mass is 288 g/mol. The number of nitrogens with two attached hydrogens (primary N) is 1. The molecule has 0 aromatic rings. The molecule has 112 valence electrons. The van der Waals surface area contributed by atoms with Crippen molar-refractivity contribution in [3.63, 3.8) is 0 Å². The summed E-state index contributed by atoms with van der Waals surface area (Å²) in [6.45, 7) is 0.717. The third kappa shape index (κ3) is 5.31. The van der Waals surface area contributed by atoms with Gasteiger partial charge in [0.15, 0.2) is 0 Å². The predicted molar refractivity (Wildman–Crippen MR) is 81.4 cm³/mol. The quantitative estimate of drug-likeness (QED) is 0.835. The molecule has 2 aliphatic rings. The number of carbonyl (C=O) groups is 1.